The van der Waals surface area contributed by atoms with Crippen LogP contribution in [0.3, 0.4) is 0 Å². The van der Waals surface area contributed by atoms with Crippen LogP contribution in [-0.4, -0.2) is 36.5 Å². The fourth-order valence-electron chi connectivity index (χ4n) is 3.14. The number of carbonyl (C=O) groups excluding carboxylic acids is 1. The lowest BCUT2D eigenvalue weighted by Gasteiger charge is -2.30. The minimum atomic E-state index is 0.268. The van der Waals surface area contributed by atoms with Gasteiger partial charge in [-0.3, -0.25) is 4.79 Å². The van der Waals surface area contributed by atoms with Crippen molar-refractivity contribution in [1.29, 1.82) is 0 Å². The molecule has 3 heterocycles. The molecule has 1 aliphatic heterocycles. The molecule has 5 heteroatoms. The summed E-state index contributed by atoms with van der Waals surface area (Å²) in [6.07, 6.45) is 4.79. The zero-order valence-corrected chi connectivity index (χ0v) is 13.6. The van der Waals surface area contributed by atoms with Crippen molar-refractivity contribution in [3.63, 3.8) is 0 Å². The molecule has 0 unspecified atom stereocenters. The third-order valence-electron chi connectivity index (χ3n) is 4.51. The van der Waals surface area contributed by atoms with Gasteiger partial charge in [0.05, 0.1) is 4.88 Å². The van der Waals surface area contributed by atoms with Gasteiger partial charge in [-0.05, 0) is 62.2 Å². The molecule has 0 radical (unpaired) electrons. The van der Waals surface area contributed by atoms with Crippen molar-refractivity contribution in [2.24, 2.45) is 5.92 Å². The zero-order valence-electron chi connectivity index (χ0n) is 12.0. The molecule has 4 rings (SSSR count). The van der Waals surface area contributed by atoms with Crippen molar-refractivity contribution in [3.8, 4) is 0 Å². The topological polar surface area (TPSA) is 32.3 Å². The fraction of sp³-hybridized carbons (Fsp3) is 0.562. The molecule has 0 bridgehead atoms. The van der Waals surface area contributed by atoms with Crippen molar-refractivity contribution in [2.75, 3.05) is 19.6 Å². The van der Waals surface area contributed by atoms with Gasteiger partial charge in [-0.2, -0.15) is 0 Å². The van der Waals surface area contributed by atoms with Crippen LogP contribution in [0.1, 0.15) is 35.4 Å². The third-order valence-corrected chi connectivity index (χ3v) is 6.59. The lowest BCUT2D eigenvalue weighted by atomic mass is 9.97. The Balaban J connectivity index is 1.52. The van der Waals surface area contributed by atoms with E-state index in [4.69, 9.17) is 0 Å². The van der Waals surface area contributed by atoms with E-state index in [2.05, 4.69) is 27.7 Å². The zero-order chi connectivity index (χ0) is 14.2. The van der Waals surface area contributed by atoms with E-state index in [1.165, 1.54) is 35.1 Å². The van der Waals surface area contributed by atoms with Gasteiger partial charge in [0.2, 0.25) is 0 Å². The first-order valence-electron chi connectivity index (χ1n) is 7.80. The maximum absolute atomic E-state index is 12.9. The lowest BCUT2D eigenvalue weighted by molar-refractivity contribution is 0.0706. The van der Waals surface area contributed by atoms with Gasteiger partial charge in [0.25, 0.3) is 5.91 Å². The highest BCUT2D eigenvalue weighted by Crippen LogP contribution is 2.34. The summed E-state index contributed by atoms with van der Waals surface area (Å²) in [5.41, 5.74) is 0. The Morgan fingerprint density at radius 1 is 1.24 bits per heavy atom. The SMILES string of the molecule is O=C(c1cc2sccc2s1)N(CC1CCNCC1)C1CC1. The molecular weight excluding hydrogens is 300 g/mol. The monoisotopic (exact) mass is 320 g/mol. The van der Waals surface area contributed by atoms with Crippen molar-refractivity contribution >= 4 is 38.0 Å². The second-order valence-electron chi connectivity index (χ2n) is 6.14. The number of fused-ring (bicyclic) bond motifs is 1. The van der Waals surface area contributed by atoms with Crippen molar-refractivity contribution in [1.82, 2.24) is 10.2 Å². The molecule has 21 heavy (non-hydrogen) atoms. The number of rotatable bonds is 4. The molecule has 1 saturated carbocycles. The lowest BCUT2D eigenvalue weighted by Crippen LogP contribution is -2.40. The van der Waals surface area contributed by atoms with Gasteiger partial charge in [-0.1, -0.05) is 0 Å². The molecule has 2 aliphatic rings. The van der Waals surface area contributed by atoms with Crippen LogP contribution in [-0.2, 0) is 0 Å². The average molecular weight is 320 g/mol. The highest BCUT2D eigenvalue weighted by molar-refractivity contribution is 7.27. The molecular formula is C16H20N2OS2. The van der Waals surface area contributed by atoms with E-state index in [9.17, 15) is 4.79 Å². The normalized spacial score (nSPS) is 20.0. The summed E-state index contributed by atoms with van der Waals surface area (Å²) < 4.78 is 2.50. The number of carbonyl (C=O) groups is 1. The Bertz CT molecular complexity index is 609. The highest BCUT2D eigenvalue weighted by Gasteiger charge is 2.35. The number of thiophene rings is 2. The first-order valence-corrected chi connectivity index (χ1v) is 9.49. The number of amides is 1. The number of hydrogen-bond acceptors (Lipinski definition) is 4. The van der Waals surface area contributed by atoms with E-state index in [-0.39, 0.29) is 5.91 Å². The largest absolute Gasteiger partial charge is 0.335 e. The fourth-order valence-corrected chi connectivity index (χ4v) is 5.20. The van der Waals surface area contributed by atoms with E-state index in [1.54, 1.807) is 22.7 Å². The Morgan fingerprint density at radius 3 is 2.76 bits per heavy atom. The van der Waals surface area contributed by atoms with Gasteiger partial charge >= 0.3 is 0 Å². The molecule has 2 aromatic rings. The minimum absolute atomic E-state index is 0.268. The average Bonchev–Trinajstić information content (AvgIpc) is 3.11. The smallest absolute Gasteiger partial charge is 0.264 e. The molecule has 1 N–H and O–H groups in total. The van der Waals surface area contributed by atoms with Crippen molar-refractivity contribution < 1.29 is 4.79 Å². The maximum Gasteiger partial charge on any atom is 0.264 e. The summed E-state index contributed by atoms with van der Waals surface area (Å²) in [6, 6.07) is 4.72. The first-order chi connectivity index (χ1) is 10.3. The van der Waals surface area contributed by atoms with Crippen LogP contribution in [0.2, 0.25) is 0 Å². The summed E-state index contributed by atoms with van der Waals surface area (Å²) in [7, 11) is 0. The van der Waals surface area contributed by atoms with Crippen LogP contribution in [0.5, 0.6) is 0 Å². The van der Waals surface area contributed by atoms with Gasteiger partial charge < -0.3 is 10.2 Å². The molecule has 1 amide bonds. The van der Waals surface area contributed by atoms with Gasteiger partial charge in [0.15, 0.2) is 0 Å². The van der Waals surface area contributed by atoms with Crippen LogP contribution in [0, 0.1) is 5.92 Å². The number of hydrogen-bond donors (Lipinski definition) is 1. The van der Waals surface area contributed by atoms with Crippen LogP contribution >= 0.6 is 22.7 Å². The molecule has 3 nitrogen and oxygen atoms in total. The first kappa shape index (κ1) is 13.7. The Labute approximate surface area is 133 Å². The molecule has 112 valence electrons. The molecule has 1 aliphatic carbocycles. The van der Waals surface area contributed by atoms with E-state index in [0.717, 1.165) is 24.5 Å². The molecule has 1 saturated heterocycles. The van der Waals surface area contributed by atoms with Crippen LogP contribution < -0.4 is 5.32 Å². The quantitative estimate of drug-likeness (QED) is 0.934. The van der Waals surface area contributed by atoms with E-state index >= 15 is 0 Å². The van der Waals surface area contributed by atoms with E-state index in [0.29, 0.717) is 12.0 Å². The minimum Gasteiger partial charge on any atom is -0.335 e. The molecule has 0 atom stereocenters. The van der Waals surface area contributed by atoms with Gasteiger partial charge in [0, 0.05) is 22.0 Å². The number of nitrogens with zero attached hydrogens (tertiary/aromatic N) is 1. The highest BCUT2D eigenvalue weighted by atomic mass is 32.1. The summed E-state index contributed by atoms with van der Waals surface area (Å²) >= 11 is 3.38. The standard InChI is InChI=1S/C16H20N2OS2/c19-16(15-9-14-13(21-15)5-8-20-14)18(12-1-2-12)10-11-3-6-17-7-4-11/h5,8-9,11-12,17H,1-4,6-7,10H2. The predicted molar refractivity (Wildman–Crippen MR) is 89.4 cm³/mol. The summed E-state index contributed by atoms with van der Waals surface area (Å²) in [6.45, 7) is 3.16. The maximum atomic E-state index is 12.9. The third kappa shape index (κ3) is 2.87. The number of nitrogens with one attached hydrogen (secondary N) is 1. The Morgan fingerprint density at radius 2 is 2.05 bits per heavy atom. The Hall–Kier alpha value is -0.910. The van der Waals surface area contributed by atoms with Crippen LogP contribution in [0.15, 0.2) is 17.5 Å². The molecule has 0 aromatic carbocycles. The molecule has 2 aromatic heterocycles. The number of piperidine rings is 1. The summed E-state index contributed by atoms with van der Waals surface area (Å²) in [5, 5.41) is 5.51. The predicted octanol–water partition coefficient (Wildman–Crippen LogP) is 3.57. The van der Waals surface area contributed by atoms with Crippen LogP contribution in [0.4, 0.5) is 0 Å². The van der Waals surface area contributed by atoms with Crippen LogP contribution in [0.25, 0.3) is 9.40 Å². The van der Waals surface area contributed by atoms with Gasteiger partial charge in [0.1, 0.15) is 0 Å². The van der Waals surface area contributed by atoms with Gasteiger partial charge in [-0.15, -0.1) is 22.7 Å². The van der Waals surface area contributed by atoms with Crippen molar-refractivity contribution in [3.05, 3.63) is 22.4 Å². The summed E-state index contributed by atoms with van der Waals surface area (Å²) in [4.78, 5) is 16.0. The molecule has 0 spiro atoms. The van der Waals surface area contributed by atoms with Crippen molar-refractivity contribution in [2.45, 2.75) is 31.7 Å². The van der Waals surface area contributed by atoms with E-state index < -0.39 is 0 Å². The Kier molecular flexibility index (Phi) is 3.73. The molecule has 2 fully saturated rings. The summed E-state index contributed by atoms with van der Waals surface area (Å²) in [5.74, 6) is 0.946. The van der Waals surface area contributed by atoms with Gasteiger partial charge in [-0.25, -0.2) is 0 Å². The van der Waals surface area contributed by atoms with E-state index in [1.807, 2.05) is 0 Å². The second-order valence-corrected chi connectivity index (χ2v) is 8.17. The second kappa shape index (κ2) is 5.71.